The van der Waals surface area contributed by atoms with E-state index in [4.69, 9.17) is 4.74 Å². The van der Waals surface area contributed by atoms with Gasteiger partial charge in [-0.15, -0.1) is 0 Å². The molecule has 0 saturated heterocycles. The normalized spacial score (nSPS) is 13.6. The minimum Gasteiger partial charge on any atom is -0.497 e. The van der Waals surface area contributed by atoms with Crippen molar-refractivity contribution in [2.75, 3.05) is 19.1 Å². The number of benzene rings is 1. The number of hydrogen-bond donors (Lipinski definition) is 0. The lowest BCUT2D eigenvalue weighted by atomic mass is 10.2. The van der Waals surface area contributed by atoms with Crippen molar-refractivity contribution >= 4 is 23.0 Å². The standard InChI is InChI=1S/C16H15N5O3/c1-19-12(22)8-21-15(23)13-14(18-16(19)21)17-9-20(13)7-10-3-5-11(24-2)6-4-10/h3-6,9H,7-8H2,1-2H3. The molecule has 1 aliphatic heterocycles. The largest absolute Gasteiger partial charge is 0.497 e. The maximum Gasteiger partial charge on any atom is 0.281 e. The average molecular weight is 325 g/mol. The van der Waals surface area contributed by atoms with Crippen LogP contribution in [0.2, 0.25) is 0 Å². The number of anilines is 1. The molecule has 0 radical (unpaired) electrons. The number of nitrogens with zero attached hydrogens (tertiary/aromatic N) is 5. The molecule has 2 aromatic heterocycles. The van der Waals surface area contributed by atoms with Crippen molar-refractivity contribution in [3.8, 4) is 5.75 Å². The van der Waals surface area contributed by atoms with E-state index in [0.29, 0.717) is 23.7 Å². The van der Waals surface area contributed by atoms with Crippen molar-refractivity contribution in [3.63, 3.8) is 0 Å². The van der Waals surface area contributed by atoms with Crippen LogP contribution < -0.4 is 15.2 Å². The molecule has 24 heavy (non-hydrogen) atoms. The molecular weight excluding hydrogens is 310 g/mol. The first-order chi connectivity index (χ1) is 11.6. The lowest BCUT2D eigenvalue weighted by Gasteiger charge is -2.08. The predicted molar refractivity (Wildman–Crippen MR) is 87.3 cm³/mol. The van der Waals surface area contributed by atoms with Crippen LogP contribution in [0.25, 0.3) is 11.2 Å². The van der Waals surface area contributed by atoms with E-state index in [1.807, 2.05) is 24.3 Å². The van der Waals surface area contributed by atoms with Gasteiger partial charge in [0.1, 0.15) is 12.3 Å². The van der Waals surface area contributed by atoms with E-state index in [0.717, 1.165) is 11.3 Å². The highest BCUT2D eigenvalue weighted by Crippen LogP contribution is 2.19. The van der Waals surface area contributed by atoms with Crippen LogP contribution in [-0.4, -0.2) is 39.2 Å². The highest BCUT2D eigenvalue weighted by molar-refractivity contribution is 5.95. The fourth-order valence-electron chi connectivity index (χ4n) is 2.84. The molecule has 1 aromatic carbocycles. The van der Waals surface area contributed by atoms with Crippen LogP contribution in [0.4, 0.5) is 5.95 Å². The molecule has 0 aliphatic carbocycles. The molecule has 0 spiro atoms. The fourth-order valence-corrected chi connectivity index (χ4v) is 2.84. The quantitative estimate of drug-likeness (QED) is 0.705. The molecule has 8 heteroatoms. The molecule has 3 heterocycles. The van der Waals surface area contributed by atoms with Gasteiger partial charge in [-0.25, -0.2) is 4.98 Å². The molecule has 1 aliphatic rings. The molecule has 3 aromatic rings. The lowest BCUT2D eigenvalue weighted by Crippen LogP contribution is -2.22. The molecule has 0 atom stereocenters. The fraction of sp³-hybridized carbons (Fsp3) is 0.250. The third kappa shape index (κ3) is 2.07. The number of amides is 1. The Labute approximate surface area is 136 Å². The topological polar surface area (TPSA) is 82.2 Å². The van der Waals surface area contributed by atoms with E-state index < -0.39 is 0 Å². The summed E-state index contributed by atoms with van der Waals surface area (Å²) in [5.41, 5.74) is 1.51. The Morgan fingerprint density at radius 1 is 1.21 bits per heavy atom. The summed E-state index contributed by atoms with van der Waals surface area (Å²) in [5.74, 6) is 0.955. The van der Waals surface area contributed by atoms with Crippen LogP contribution in [0.5, 0.6) is 5.75 Å². The van der Waals surface area contributed by atoms with Gasteiger partial charge >= 0.3 is 0 Å². The summed E-state index contributed by atoms with van der Waals surface area (Å²) in [6.07, 6.45) is 1.60. The van der Waals surface area contributed by atoms with Gasteiger partial charge in [0, 0.05) is 13.6 Å². The Bertz CT molecular complexity index is 1000. The van der Waals surface area contributed by atoms with Crippen molar-refractivity contribution in [1.29, 1.82) is 0 Å². The van der Waals surface area contributed by atoms with E-state index in [-0.39, 0.29) is 18.0 Å². The number of aromatic nitrogens is 4. The second-order valence-electron chi connectivity index (χ2n) is 5.65. The predicted octanol–water partition coefficient (Wildman–Crippen LogP) is 0.626. The first-order valence-corrected chi connectivity index (χ1v) is 7.43. The summed E-state index contributed by atoms with van der Waals surface area (Å²) < 4.78 is 8.28. The third-order valence-corrected chi connectivity index (χ3v) is 4.19. The Hall–Kier alpha value is -3.16. The first-order valence-electron chi connectivity index (χ1n) is 7.43. The zero-order valence-corrected chi connectivity index (χ0v) is 13.3. The summed E-state index contributed by atoms with van der Waals surface area (Å²) in [5, 5.41) is 0. The number of ether oxygens (including phenoxy) is 1. The average Bonchev–Trinajstić information content (AvgIpc) is 3.12. The molecule has 8 nitrogen and oxygen atoms in total. The van der Waals surface area contributed by atoms with Crippen molar-refractivity contribution < 1.29 is 9.53 Å². The zero-order chi connectivity index (χ0) is 16.8. The van der Waals surface area contributed by atoms with Crippen LogP contribution in [-0.2, 0) is 17.9 Å². The maximum atomic E-state index is 12.7. The molecule has 122 valence electrons. The van der Waals surface area contributed by atoms with Crippen molar-refractivity contribution in [3.05, 3.63) is 46.5 Å². The lowest BCUT2D eigenvalue weighted by molar-refractivity contribution is -0.117. The highest BCUT2D eigenvalue weighted by atomic mass is 16.5. The molecule has 1 amide bonds. The summed E-state index contributed by atoms with van der Waals surface area (Å²) in [7, 11) is 3.22. The van der Waals surface area contributed by atoms with Gasteiger partial charge in [0.05, 0.1) is 13.4 Å². The Morgan fingerprint density at radius 2 is 1.96 bits per heavy atom. The number of carbonyl (C=O) groups excluding carboxylic acids is 1. The van der Waals surface area contributed by atoms with Crippen LogP contribution in [0.3, 0.4) is 0 Å². The van der Waals surface area contributed by atoms with E-state index in [2.05, 4.69) is 9.97 Å². The molecule has 0 saturated carbocycles. The second-order valence-corrected chi connectivity index (χ2v) is 5.65. The summed E-state index contributed by atoms with van der Waals surface area (Å²) in [6.45, 7) is 0.502. The molecule has 0 N–H and O–H groups in total. The number of likely N-dealkylation sites (N-methyl/N-ethyl adjacent to an activating group) is 1. The number of imidazole rings is 1. The SMILES string of the molecule is COc1ccc(Cn2cnc3nc4n(c(=O)c32)CC(=O)N4C)cc1. The monoisotopic (exact) mass is 325 g/mol. The van der Waals surface area contributed by atoms with Gasteiger partial charge in [-0.2, -0.15) is 4.98 Å². The molecule has 0 fully saturated rings. The minimum absolute atomic E-state index is 0.0152. The van der Waals surface area contributed by atoms with E-state index in [1.165, 1.54) is 9.47 Å². The number of rotatable bonds is 3. The highest BCUT2D eigenvalue weighted by Gasteiger charge is 2.28. The molecule has 0 bridgehead atoms. The molecule has 0 unspecified atom stereocenters. The Morgan fingerprint density at radius 3 is 2.67 bits per heavy atom. The van der Waals surface area contributed by atoms with E-state index >= 15 is 0 Å². The van der Waals surface area contributed by atoms with Crippen molar-refractivity contribution in [2.24, 2.45) is 0 Å². The summed E-state index contributed by atoms with van der Waals surface area (Å²) in [4.78, 5) is 34.5. The van der Waals surface area contributed by atoms with Crippen molar-refractivity contribution in [2.45, 2.75) is 13.1 Å². The number of carbonyl (C=O) groups is 1. The van der Waals surface area contributed by atoms with Crippen LogP contribution in [0.15, 0.2) is 35.4 Å². The minimum atomic E-state index is -0.251. The van der Waals surface area contributed by atoms with Crippen molar-refractivity contribution in [1.82, 2.24) is 19.1 Å². The number of hydrogen-bond acceptors (Lipinski definition) is 5. The molecule has 4 rings (SSSR count). The number of fused-ring (bicyclic) bond motifs is 2. The Balaban J connectivity index is 1.79. The van der Waals surface area contributed by atoms with Gasteiger partial charge in [-0.1, -0.05) is 12.1 Å². The smallest absolute Gasteiger partial charge is 0.281 e. The van der Waals surface area contributed by atoms with Crippen LogP contribution >= 0.6 is 0 Å². The molecular formula is C16H15N5O3. The zero-order valence-electron chi connectivity index (χ0n) is 13.3. The van der Waals surface area contributed by atoms with Gasteiger partial charge in [0.15, 0.2) is 11.2 Å². The second kappa shape index (κ2) is 5.19. The van der Waals surface area contributed by atoms with Gasteiger partial charge in [-0.05, 0) is 17.7 Å². The number of methoxy groups -OCH3 is 1. The maximum absolute atomic E-state index is 12.7. The van der Waals surface area contributed by atoms with Crippen LogP contribution in [0, 0.1) is 0 Å². The third-order valence-electron chi connectivity index (χ3n) is 4.19. The van der Waals surface area contributed by atoms with E-state index in [9.17, 15) is 9.59 Å². The summed E-state index contributed by atoms with van der Waals surface area (Å²) in [6, 6.07) is 7.59. The van der Waals surface area contributed by atoms with Gasteiger partial charge < -0.3 is 9.30 Å². The van der Waals surface area contributed by atoms with Crippen LogP contribution in [0.1, 0.15) is 5.56 Å². The van der Waals surface area contributed by atoms with Gasteiger partial charge in [0.25, 0.3) is 5.56 Å². The summed E-state index contributed by atoms with van der Waals surface area (Å²) >= 11 is 0. The van der Waals surface area contributed by atoms with E-state index in [1.54, 1.807) is 25.1 Å². The van der Waals surface area contributed by atoms with Gasteiger partial charge in [-0.3, -0.25) is 19.1 Å². The Kier molecular flexibility index (Phi) is 3.12. The van der Waals surface area contributed by atoms with Gasteiger partial charge in [0.2, 0.25) is 11.9 Å². The first kappa shape index (κ1) is 14.4.